The Hall–Kier alpha value is -3.06. The molecule has 0 aromatic heterocycles. The van der Waals surface area contributed by atoms with Crippen LogP contribution in [0.3, 0.4) is 0 Å². The van der Waals surface area contributed by atoms with E-state index in [1.165, 1.54) is 12.1 Å². The first-order valence-electron chi connectivity index (χ1n) is 10.8. The number of ether oxygens (including phenoxy) is 1. The van der Waals surface area contributed by atoms with Crippen LogP contribution >= 0.6 is 11.6 Å². The van der Waals surface area contributed by atoms with Gasteiger partial charge in [0.2, 0.25) is 0 Å². The van der Waals surface area contributed by atoms with E-state index in [9.17, 15) is 14.0 Å². The third-order valence-electron chi connectivity index (χ3n) is 5.72. The van der Waals surface area contributed by atoms with Crippen LogP contribution in [0.2, 0.25) is 5.02 Å². The average Bonchev–Trinajstić information content (AvgIpc) is 2.86. The molecular formula is C26H24ClFN2O3. The van der Waals surface area contributed by atoms with Gasteiger partial charge in [0.1, 0.15) is 5.82 Å². The molecule has 0 saturated carbocycles. The Morgan fingerprint density at radius 2 is 1.58 bits per heavy atom. The molecular weight excluding hydrogens is 443 g/mol. The number of carbonyl (C=O) groups is 2. The van der Waals surface area contributed by atoms with Crippen LogP contribution in [0.25, 0.3) is 0 Å². The summed E-state index contributed by atoms with van der Waals surface area (Å²) in [4.78, 5) is 28.4. The Kier molecular flexibility index (Phi) is 7.50. The van der Waals surface area contributed by atoms with Gasteiger partial charge in [-0.05, 0) is 48.0 Å². The zero-order valence-electron chi connectivity index (χ0n) is 18.0. The Balaban J connectivity index is 1.53. The highest BCUT2D eigenvalue weighted by molar-refractivity contribution is 6.30. The van der Waals surface area contributed by atoms with Gasteiger partial charge >= 0.3 is 0 Å². The number of benzene rings is 3. The van der Waals surface area contributed by atoms with Crippen molar-refractivity contribution in [3.63, 3.8) is 0 Å². The SMILES string of the molecule is O=C(NC[C@H](c1ccc(F)cc1)N1CCOCC1)c1ccccc1C(=O)c1ccc(Cl)cc1. The van der Waals surface area contributed by atoms with E-state index in [4.69, 9.17) is 16.3 Å². The van der Waals surface area contributed by atoms with E-state index in [1.807, 2.05) is 0 Å². The molecule has 0 spiro atoms. The Morgan fingerprint density at radius 3 is 2.24 bits per heavy atom. The quantitative estimate of drug-likeness (QED) is 0.520. The van der Waals surface area contributed by atoms with Crippen LogP contribution in [0.15, 0.2) is 72.8 Å². The van der Waals surface area contributed by atoms with Gasteiger partial charge in [-0.2, -0.15) is 0 Å². The first kappa shape index (κ1) is 23.1. The maximum atomic E-state index is 13.5. The van der Waals surface area contributed by atoms with Gasteiger partial charge in [-0.3, -0.25) is 14.5 Å². The van der Waals surface area contributed by atoms with E-state index in [1.54, 1.807) is 60.7 Å². The Morgan fingerprint density at radius 1 is 0.939 bits per heavy atom. The van der Waals surface area contributed by atoms with Crippen molar-refractivity contribution < 1.29 is 18.7 Å². The minimum absolute atomic E-state index is 0.141. The summed E-state index contributed by atoms with van der Waals surface area (Å²) in [7, 11) is 0. The second kappa shape index (κ2) is 10.7. The zero-order valence-corrected chi connectivity index (χ0v) is 18.7. The van der Waals surface area contributed by atoms with Crippen molar-refractivity contribution in [3.05, 3.63) is 106 Å². The number of ketones is 1. The van der Waals surface area contributed by atoms with Gasteiger partial charge < -0.3 is 10.1 Å². The lowest BCUT2D eigenvalue weighted by molar-refractivity contribution is 0.0162. The van der Waals surface area contributed by atoms with Crippen LogP contribution in [-0.4, -0.2) is 49.4 Å². The number of hydrogen-bond acceptors (Lipinski definition) is 4. The van der Waals surface area contributed by atoms with E-state index in [2.05, 4.69) is 10.2 Å². The molecule has 170 valence electrons. The predicted molar refractivity (Wildman–Crippen MR) is 125 cm³/mol. The molecule has 4 rings (SSSR count). The van der Waals surface area contributed by atoms with Crippen LogP contribution in [0.5, 0.6) is 0 Å². The molecule has 1 aliphatic rings. The number of rotatable bonds is 7. The Labute approximate surface area is 197 Å². The van der Waals surface area contributed by atoms with Gasteiger partial charge in [0.25, 0.3) is 5.91 Å². The van der Waals surface area contributed by atoms with E-state index < -0.39 is 0 Å². The monoisotopic (exact) mass is 466 g/mol. The third kappa shape index (κ3) is 5.66. The molecule has 1 aliphatic heterocycles. The topological polar surface area (TPSA) is 58.6 Å². The van der Waals surface area contributed by atoms with Crippen molar-refractivity contribution in [2.75, 3.05) is 32.8 Å². The van der Waals surface area contributed by atoms with E-state index in [0.29, 0.717) is 54.6 Å². The van der Waals surface area contributed by atoms with Gasteiger partial charge in [-0.15, -0.1) is 0 Å². The molecule has 0 radical (unpaired) electrons. The molecule has 1 fully saturated rings. The molecule has 1 heterocycles. The lowest BCUT2D eigenvalue weighted by atomic mass is 9.97. The van der Waals surface area contributed by atoms with Crippen LogP contribution in [0.1, 0.15) is 37.9 Å². The van der Waals surface area contributed by atoms with E-state index in [-0.39, 0.29) is 23.5 Å². The predicted octanol–water partition coefficient (Wildman–Crippen LogP) is 4.51. The number of carbonyl (C=O) groups excluding carboxylic acids is 2. The second-order valence-electron chi connectivity index (χ2n) is 7.81. The maximum absolute atomic E-state index is 13.5. The normalized spacial score (nSPS) is 15.1. The van der Waals surface area contributed by atoms with Crippen LogP contribution in [-0.2, 0) is 4.74 Å². The molecule has 1 atom stereocenters. The highest BCUT2D eigenvalue weighted by Gasteiger charge is 2.24. The Bertz CT molecular complexity index is 1110. The number of halogens is 2. The van der Waals surface area contributed by atoms with Crippen molar-refractivity contribution in [1.29, 1.82) is 0 Å². The first-order chi connectivity index (χ1) is 16.0. The van der Waals surface area contributed by atoms with Gasteiger partial charge in [-0.1, -0.05) is 41.9 Å². The van der Waals surface area contributed by atoms with Crippen LogP contribution in [0, 0.1) is 5.82 Å². The summed E-state index contributed by atoms with van der Waals surface area (Å²) in [6.45, 7) is 2.94. The summed E-state index contributed by atoms with van der Waals surface area (Å²) in [6.07, 6.45) is 0. The fourth-order valence-corrected chi connectivity index (χ4v) is 4.08. The zero-order chi connectivity index (χ0) is 23.2. The molecule has 5 nitrogen and oxygen atoms in total. The number of nitrogens with zero attached hydrogens (tertiary/aromatic N) is 1. The van der Waals surface area contributed by atoms with Crippen molar-refractivity contribution in [3.8, 4) is 0 Å². The maximum Gasteiger partial charge on any atom is 0.252 e. The summed E-state index contributed by atoms with van der Waals surface area (Å²) >= 11 is 5.93. The van der Waals surface area contributed by atoms with Crippen molar-refractivity contribution in [2.45, 2.75) is 6.04 Å². The van der Waals surface area contributed by atoms with Crippen molar-refractivity contribution >= 4 is 23.3 Å². The summed E-state index contributed by atoms with van der Waals surface area (Å²) in [5.41, 5.74) is 1.99. The van der Waals surface area contributed by atoms with Gasteiger partial charge in [-0.25, -0.2) is 4.39 Å². The molecule has 0 bridgehead atoms. The summed E-state index contributed by atoms with van der Waals surface area (Å²) < 4.78 is 18.9. The fraction of sp³-hybridized carbons (Fsp3) is 0.231. The second-order valence-corrected chi connectivity index (χ2v) is 8.24. The third-order valence-corrected chi connectivity index (χ3v) is 5.97. The molecule has 1 N–H and O–H groups in total. The number of nitrogens with one attached hydrogen (secondary N) is 1. The first-order valence-corrected chi connectivity index (χ1v) is 11.2. The smallest absolute Gasteiger partial charge is 0.252 e. The standard InChI is InChI=1S/C26H24ClFN2O3/c27-20-9-5-19(6-10-20)25(31)22-3-1-2-4-23(22)26(32)29-17-24(30-13-15-33-16-14-30)18-7-11-21(28)12-8-18/h1-12,24H,13-17H2,(H,29,32)/t24-/m1/s1. The lowest BCUT2D eigenvalue weighted by Gasteiger charge is -2.35. The molecule has 33 heavy (non-hydrogen) atoms. The van der Waals surface area contributed by atoms with Crippen LogP contribution in [0.4, 0.5) is 4.39 Å². The van der Waals surface area contributed by atoms with Crippen molar-refractivity contribution in [2.24, 2.45) is 0 Å². The number of amides is 1. The van der Waals surface area contributed by atoms with Crippen molar-refractivity contribution in [1.82, 2.24) is 10.2 Å². The van der Waals surface area contributed by atoms with Gasteiger partial charge in [0.05, 0.1) is 24.8 Å². The number of morpholine rings is 1. The molecule has 0 unspecified atom stereocenters. The molecule has 7 heteroatoms. The van der Waals surface area contributed by atoms with Gasteiger partial charge in [0, 0.05) is 35.8 Å². The largest absolute Gasteiger partial charge is 0.379 e. The minimum atomic E-state index is -0.340. The highest BCUT2D eigenvalue weighted by Crippen LogP contribution is 2.22. The number of hydrogen-bond donors (Lipinski definition) is 1. The summed E-state index contributed by atoms with van der Waals surface area (Å²) in [6, 6.07) is 19.5. The summed E-state index contributed by atoms with van der Waals surface area (Å²) in [5, 5.41) is 3.51. The minimum Gasteiger partial charge on any atom is -0.379 e. The summed E-state index contributed by atoms with van der Waals surface area (Å²) in [5.74, 6) is -0.896. The molecule has 1 saturated heterocycles. The molecule has 3 aromatic carbocycles. The lowest BCUT2D eigenvalue weighted by Crippen LogP contribution is -2.44. The molecule has 3 aromatic rings. The molecule has 1 amide bonds. The van der Waals surface area contributed by atoms with Gasteiger partial charge in [0.15, 0.2) is 5.78 Å². The fourth-order valence-electron chi connectivity index (χ4n) is 3.95. The highest BCUT2D eigenvalue weighted by atomic mass is 35.5. The average molecular weight is 467 g/mol. The van der Waals surface area contributed by atoms with Crippen LogP contribution < -0.4 is 5.32 Å². The van der Waals surface area contributed by atoms with E-state index >= 15 is 0 Å². The molecule has 0 aliphatic carbocycles. The van der Waals surface area contributed by atoms with E-state index in [0.717, 1.165) is 5.56 Å².